The van der Waals surface area contributed by atoms with Gasteiger partial charge in [0.2, 0.25) is 0 Å². The van der Waals surface area contributed by atoms with Crippen LogP contribution >= 0.6 is 11.6 Å². The molecule has 16 heavy (non-hydrogen) atoms. The van der Waals surface area contributed by atoms with Crippen molar-refractivity contribution in [2.75, 3.05) is 0 Å². The van der Waals surface area contributed by atoms with Crippen LogP contribution in [0.2, 0.25) is 5.02 Å². The van der Waals surface area contributed by atoms with Crippen molar-refractivity contribution in [2.24, 2.45) is 5.41 Å². The average Bonchev–Trinajstić information content (AvgIpc) is 3.03. The van der Waals surface area contributed by atoms with E-state index in [-0.39, 0.29) is 5.92 Å². The quantitative estimate of drug-likeness (QED) is 0.869. The van der Waals surface area contributed by atoms with Crippen LogP contribution in [0.1, 0.15) is 37.7 Å². The molecular formula is C13H15ClO2. The summed E-state index contributed by atoms with van der Waals surface area (Å²) in [5.74, 6) is -0.545. The van der Waals surface area contributed by atoms with Crippen LogP contribution in [0.25, 0.3) is 0 Å². The third kappa shape index (κ3) is 1.82. The molecule has 3 heteroatoms. The second-order valence-corrected chi connectivity index (χ2v) is 4.91. The zero-order chi connectivity index (χ0) is 11.8. The van der Waals surface area contributed by atoms with Gasteiger partial charge in [-0.05, 0) is 42.9 Å². The average molecular weight is 239 g/mol. The second kappa shape index (κ2) is 4.10. The van der Waals surface area contributed by atoms with Crippen molar-refractivity contribution in [1.29, 1.82) is 0 Å². The van der Waals surface area contributed by atoms with Gasteiger partial charge < -0.3 is 5.11 Å². The molecule has 0 heterocycles. The van der Waals surface area contributed by atoms with Gasteiger partial charge in [0.1, 0.15) is 0 Å². The van der Waals surface area contributed by atoms with Gasteiger partial charge in [0, 0.05) is 5.02 Å². The number of aliphatic carboxylic acids is 1. The Hall–Kier alpha value is -1.02. The third-order valence-corrected chi connectivity index (χ3v) is 3.81. The van der Waals surface area contributed by atoms with Gasteiger partial charge >= 0.3 is 5.97 Å². The lowest BCUT2D eigenvalue weighted by molar-refractivity contribution is -0.144. The number of hydrogen-bond acceptors (Lipinski definition) is 1. The standard InChI is InChI=1S/C13H15ClO2/c1-2-11(13(7-8-13)12(15)16)9-3-5-10(14)6-4-9/h3-6,11H,2,7-8H2,1H3,(H,15,16). The molecule has 0 bridgehead atoms. The lowest BCUT2D eigenvalue weighted by Gasteiger charge is -2.22. The Bertz CT molecular complexity index is 393. The Kier molecular flexibility index (Phi) is 2.94. The molecule has 0 saturated heterocycles. The minimum Gasteiger partial charge on any atom is -0.481 e. The molecule has 1 unspecified atom stereocenters. The molecule has 1 atom stereocenters. The van der Waals surface area contributed by atoms with Gasteiger partial charge in [-0.15, -0.1) is 0 Å². The van der Waals surface area contributed by atoms with Gasteiger partial charge in [-0.1, -0.05) is 30.7 Å². The van der Waals surface area contributed by atoms with E-state index in [2.05, 4.69) is 0 Å². The molecule has 0 aliphatic heterocycles. The summed E-state index contributed by atoms with van der Waals surface area (Å²) in [5.41, 5.74) is 0.578. The van der Waals surface area contributed by atoms with Crippen molar-refractivity contribution >= 4 is 17.6 Å². The Morgan fingerprint density at radius 2 is 2.00 bits per heavy atom. The molecule has 0 amide bonds. The fraction of sp³-hybridized carbons (Fsp3) is 0.462. The number of halogens is 1. The molecule has 1 fully saturated rings. The molecule has 1 aliphatic carbocycles. The minimum absolute atomic E-state index is 0.113. The van der Waals surface area contributed by atoms with E-state index in [0.717, 1.165) is 24.8 Å². The second-order valence-electron chi connectivity index (χ2n) is 4.47. The highest BCUT2D eigenvalue weighted by Crippen LogP contribution is 2.57. The number of hydrogen-bond donors (Lipinski definition) is 1. The minimum atomic E-state index is -0.658. The zero-order valence-corrected chi connectivity index (χ0v) is 10.00. The first-order valence-electron chi connectivity index (χ1n) is 5.59. The zero-order valence-electron chi connectivity index (χ0n) is 9.24. The van der Waals surface area contributed by atoms with Gasteiger partial charge in [-0.2, -0.15) is 0 Å². The van der Waals surface area contributed by atoms with Gasteiger partial charge in [-0.25, -0.2) is 0 Å². The predicted molar refractivity (Wildman–Crippen MR) is 63.8 cm³/mol. The summed E-state index contributed by atoms with van der Waals surface area (Å²) in [6.07, 6.45) is 2.45. The fourth-order valence-electron chi connectivity index (χ4n) is 2.49. The van der Waals surface area contributed by atoms with E-state index >= 15 is 0 Å². The summed E-state index contributed by atoms with van der Waals surface area (Å²) in [4.78, 5) is 11.3. The highest BCUT2D eigenvalue weighted by Gasteiger charge is 2.55. The van der Waals surface area contributed by atoms with E-state index in [0.29, 0.717) is 5.02 Å². The van der Waals surface area contributed by atoms with Crippen LogP contribution in [-0.4, -0.2) is 11.1 Å². The van der Waals surface area contributed by atoms with E-state index in [9.17, 15) is 9.90 Å². The topological polar surface area (TPSA) is 37.3 Å². The van der Waals surface area contributed by atoms with E-state index in [1.54, 1.807) is 0 Å². The molecule has 0 radical (unpaired) electrons. The van der Waals surface area contributed by atoms with E-state index in [1.807, 2.05) is 31.2 Å². The normalized spacial score (nSPS) is 19.1. The molecule has 1 aromatic carbocycles. The molecule has 2 nitrogen and oxygen atoms in total. The Labute approximate surface area is 100 Å². The van der Waals surface area contributed by atoms with E-state index < -0.39 is 11.4 Å². The third-order valence-electron chi connectivity index (χ3n) is 3.56. The molecule has 0 spiro atoms. The van der Waals surface area contributed by atoms with Crippen molar-refractivity contribution < 1.29 is 9.90 Å². The van der Waals surface area contributed by atoms with E-state index in [1.165, 1.54) is 0 Å². The molecular weight excluding hydrogens is 224 g/mol. The lowest BCUT2D eigenvalue weighted by Crippen LogP contribution is -2.23. The highest BCUT2D eigenvalue weighted by atomic mass is 35.5. The lowest BCUT2D eigenvalue weighted by atomic mass is 9.81. The molecule has 1 aromatic rings. The van der Waals surface area contributed by atoms with Crippen LogP contribution in [-0.2, 0) is 4.79 Å². The smallest absolute Gasteiger partial charge is 0.310 e. The van der Waals surface area contributed by atoms with E-state index in [4.69, 9.17) is 11.6 Å². The molecule has 86 valence electrons. The molecule has 1 saturated carbocycles. The number of rotatable bonds is 4. The molecule has 1 N–H and O–H groups in total. The van der Waals surface area contributed by atoms with Crippen molar-refractivity contribution in [2.45, 2.75) is 32.1 Å². The summed E-state index contributed by atoms with van der Waals surface area (Å²) in [7, 11) is 0. The molecule has 0 aromatic heterocycles. The summed E-state index contributed by atoms with van der Waals surface area (Å²) >= 11 is 5.84. The maximum atomic E-state index is 11.3. The predicted octanol–water partition coefficient (Wildman–Crippen LogP) is 3.70. The van der Waals surface area contributed by atoms with Crippen LogP contribution in [0.15, 0.2) is 24.3 Å². The molecule has 2 rings (SSSR count). The Balaban J connectivity index is 2.30. The van der Waals surface area contributed by atoms with Crippen molar-refractivity contribution in [3.63, 3.8) is 0 Å². The summed E-state index contributed by atoms with van der Waals surface area (Å²) in [6.45, 7) is 2.04. The van der Waals surface area contributed by atoms with Crippen molar-refractivity contribution in [3.05, 3.63) is 34.9 Å². The first kappa shape index (κ1) is 11.5. The summed E-state index contributed by atoms with van der Waals surface area (Å²) in [5, 5.41) is 9.99. The number of carbonyl (C=O) groups is 1. The van der Waals surface area contributed by atoms with Crippen molar-refractivity contribution in [1.82, 2.24) is 0 Å². The SMILES string of the molecule is CCC(c1ccc(Cl)cc1)C1(C(=O)O)CC1. The van der Waals surface area contributed by atoms with Crippen LogP contribution < -0.4 is 0 Å². The van der Waals surface area contributed by atoms with Gasteiger partial charge in [0.05, 0.1) is 5.41 Å². The highest BCUT2D eigenvalue weighted by molar-refractivity contribution is 6.30. The summed E-state index contributed by atoms with van der Waals surface area (Å²) in [6, 6.07) is 7.55. The summed E-state index contributed by atoms with van der Waals surface area (Å²) < 4.78 is 0. The first-order chi connectivity index (χ1) is 7.60. The monoisotopic (exact) mass is 238 g/mol. The fourth-order valence-corrected chi connectivity index (χ4v) is 2.61. The van der Waals surface area contributed by atoms with Gasteiger partial charge in [0.25, 0.3) is 0 Å². The van der Waals surface area contributed by atoms with Gasteiger partial charge in [0.15, 0.2) is 0 Å². The maximum absolute atomic E-state index is 11.3. The Morgan fingerprint density at radius 1 is 1.44 bits per heavy atom. The van der Waals surface area contributed by atoms with Crippen LogP contribution in [0.3, 0.4) is 0 Å². The number of benzene rings is 1. The van der Waals surface area contributed by atoms with Crippen LogP contribution in [0.5, 0.6) is 0 Å². The molecule has 1 aliphatic rings. The van der Waals surface area contributed by atoms with Crippen LogP contribution in [0, 0.1) is 5.41 Å². The maximum Gasteiger partial charge on any atom is 0.310 e. The number of carboxylic acids is 1. The largest absolute Gasteiger partial charge is 0.481 e. The van der Waals surface area contributed by atoms with Gasteiger partial charge in [-0.3, -0.25) is 4.79 Å². The van der Waals surface area contributed by atoms with Crippen LogP contribution in [0.4, 0.5) is 0 Å². The van der Waals surface area contributed by atoms with Crippen molar-refractivity contribution in [3.8, 4) is 0 Å². The number of carboxylic acid groups (broad SMARTS) is 1. The Morgan fingerprint density at radius 3 is 2.38 bits per heavy atom. The first-order valence-corrected chi connectivity index (χ1v) is 5.97.